The second-order valence-electron chi connectivity index (χ2n) is 4.75. The summed E-state index contributed by atoms with van der Waals surface area (Å²) in [6.07, 6.45) is -0.678. The zero-order chi connectivity index (χ0) is 16.8. The molecule has 0 radical (unpaired) electrons. The molecule has 5 nitrogen and oxygen atoms in total. The van der Waals surface area contributed by atoms with Crippen LogP contribution in [-0.4, -0.2) is 26.2 Å². The fraction of sp³-hybridized carbons (Fsp3) is 0.235. The first-order chi connectivity index (χ1) is 11.0. The molecule has 0 bridgehead atoms. The molecule has 2 rings (SSSR count). The third-order valence-corrected chi connectivity index (χ3v) is 3.45. The molecule has 0 fully saturated rings. The van der Waals surface area contributed by atoms with E-state index in [0.29, 0.717) is 28.0 Å². The summed E-state index contributed by atoms with van der Waals surface area (Å²) in [4.78, 5) is 12.3. The summed E-state index contributed by atoms with van der Waals surface area (Å²) >= 11 is 6.09. The Morgan fingerprint density at radius 1 is 1.09 bits per heavy atom. The van der Waals surface area contributed by atoms with E-state index in [1.165, 1.54) is 14.2 Å². The molecule has 0 spiro atoms. The lowest BCUT2D eigenvalue weighted by atomic mass is 10.2. The quantitative estimate of drug-likeness (QED) is 0.873. The maximum Gasteiger partial charge on any atom is 0.265 e. The molecular weight excluding hydrogens is 318 g/mol. The van der Waals surface area contributed by atoms with Crippen LogP contribution >= 0.6 is 11.6 Å². The highest BCUT2D eigenvalue weighted by molar-refractivity contribution is 6.32. The van der Waals surface area contributed by atoms with Crippen LogP contribution in [0.4, 0.5) is 5.69 Å². The monoisotopic (exact) mass is 335 g/mol. The summed E-state index contributed by atoms with van der Waals surface area (Å²) < 4.78 is 16.0. The van der Waals surface area contributed by atoms with E-state index >= 15 is 0 Å². The number of carbonyl (C=O) groups is 1. The molecule has 0 aliphatic rings. The van der Waals surface area contributed by atoms with Gasteiger partial charge in [0.15, 0.2) is 6.10 Å². The molecular formula is C17H18ClNO4. The summed E-state index contributed by atoms with van der Waals surface area (Å²) in [7, 11) is 3.01. The molecule has 6 heteroatoms. The number of methoxy groups -OCH3 is 2. The van der Waals surface area contributed by atoms with Gasteiger partial charge in [0, 0.05) is 6.07 Å². The molecule has 0 saturated heterocycles. The van der Waals surface area contributed by atoms with Crippen LogP contribution in [0, 0.1) is 0 Å². The standard InChI is InChI=1S/C17H18ClNO4/c1-11(23-12-7-5-4-6-8-12)17(20)19-14-9-13(18)15(21-2)10-16(14)22-3/h4-11H,1-3H3,(H,19,20). The largest absolute Gasteiger partial charge is 0.495 e. The topological polar surface area (TPSA) is 56.8 Å². The van der Waals surface area contributed by atoms with Crippen molar-refractivity contribution in [2.24, 2.45) is 0 Å². The number of hydrogen-bond donors (Lipinski definition) is 1. The van der Waals surface area contributed by atoms with E-state index in [4.69, 9.17) is 25.8 Å². The Morgan fingerprint density at radius 3 is 2.35 bits per heavy atom. The summed E-state index contributed by atoms with van der Waals surface area (Å²) in [6, 6.07) is 12.3. The van der Waals surface area contributed by atoms with Gasteiger partial charge in [-0.25, -0.2) is 0 Å². The van der Waals surface area contributed by atoms with Crippen LogP contribution in [0.5, 0.6) is 17.2 Å². The zero-order valence-corrected chi connectivity index (χ0v) is 13.9. The van der Waals surface area contributed by atoms with Gasteiger partial charge in [0.25, 0.3) is 5.91 Å². The Hall–Kier alpha value is -2.40. The van der Waals surface area contributed by atoms with E-state index in [1.807, 2.05) is 18.2 Å². The zero-order valence-electron chi connectivity index (χ0n) is 13.1. The molecule has 23 heavy (non-hydrogen) atoms. The average Bonchev–Trinajstić information content (AvgIpc) is 2.56. The number of nitrogens with one attached hydrogen (secondary N) is 1. The van der Waals surface area contributed by atoms with Crippen molar-refractivity contribution in [3.05, 3.63) is 47.5 Å². The number of carbonyl (C=O) groups excluding carboxylic acids is 1. The lowest BCUT2D eigenvalue weighted by Crippen LogP contribution is -2.30. The van der Waals surface area contributed by atoms with Crippen LogP contribution < -0.4 is 19.5 Å². The molecule has 0 aromatic heterocycles. The van der Waals surface area contributed by atoms with E-state index < -0.39 is 6.10 Å². The van der Waals surface area contributed by atoms with Crippen molar-refractivity contribution < 1.29 is 19.0 Å². The van der Waals surface area contributed by atoms with E-state index in [0.717, 1.165) is 0 Å². The van der Waals surface area contributed by atoms with Gasteiger partial charge in [-0.3, -0.25) is 4.79 Å². The molecule has 0 aliphatic carbocycles. The SMILES string of the molecule is COc1cc(OC)c(NC(=O)C(C)Oc2ccccc2)cc1Cl. The molecule has 2 aromatic rings. The van der Waals surface area contributed by atoms with E-state index in [9.17, 15) is 4.79 Å². The maximum atomic E-state index is 12.3. The van der Waals surface area contributed by atoms with E-state index in [1.54, 1.807) is 31.2 Å². The van der Waals surface area contributed by atoms with Gasteiger partial charge >= 0.3 is 0 Å². The summed E-state index contributed by atoms with van der Waals surface area (Å²) in [5.74, 6) is 1.23. The normalized spacial score (nSPS) is 11.5. The van der Waals surface area contributed by atoms with Crippen LogP contribution in [0.3, 0.4) is 0 Å². The Bertz CT molecular complexity index is 676. The van der Waals surface area contributed by atoms with Gasteiger partial charge in [-0.15, -0.1) is 0 Å². The van der Waals surface area contributed by atoms with Gasteiger partial charge in [0.1, 0.15) is 17.2 Å². The van der Waals surface area contributed by atoms with Gasteiger partial charge in [0.2, 0.25) is 0 Å². The first-order valence-corrected chi connectivity index (χ1v) is 7.37. The lowest BCUT2D eigenvalue weighted by molar-refractivity contribution is -0.122. The van der Waals surface area contributed by atoms with Gasteiger partial charge in [-0.05, 0) is 25.1 Å². The predicted molar refractivity (Wildman–Crippen MR) is 89.7 cm³/mol. The lowest BCUT2D eigenvalue weighted by Gasteiger charge is -2.17. The van der Waals surface area contributed by atoms with Crippen molar-refractivity contribution in [2.75, 3.05) is 19.5 Å². The fourth-order valence-electron chi connectivity index (χ4n) is 1.95. The van der Waals surface area contributed by atoms with Crippen molar-refractivity contribution in [2.45, 2.75) is 13.0 Å². The molecule has 1 unspecified atom stereocenters. The first kappa shape index (κ1) is 17.0. The van der Waals surface area contributed by atoms with Crippen LogP contribution in [0.15, 0.2) is 42.5 Å². The molecule has 1 amide bonds. The predicted octanol–water partition coefficient (Wildman–Crippen LogP) is 3.76. The molecule has 2 aromatic carbocycles. The minimum absolute atomic E-state index is 0.312. The highest BCUT2D eigenvalue weighted by Crippen LogP contribution is 2.36. The maximum absolute atomic E-state index is 12.3. The highest BCUT2D eigenvalue weighted by Gasteiger charge is 2.18. The van der Waals surface area contributed by atoms with Crippen molar-refractivity contribution in [3.63, 3.8) is 0 Å². The second kappa shape index (κ2) is 7.74. The van der Waals surface area contributed by atoms with E-state index in [-0.39, 0.29) is 5.91 Å². The first-order valence-electron chi connectivity index (χ1n) is 6.99. The summed E-state index contributed by atoms with van der Waals surface area (Å²) in [6.45, 7) is 1.67. The highest BCUT2D eigenvalue weighted by atomic mass is 35.5. The Labute approximate surface area is 140 Å². The Balaban J connectivity index is 2.11. The third-order valence-electron chi connectivity index (χ3n) is 3.16. The van der Waals surface area contributed by atoms with Gasteiger partial charge in [-0.1, -0.05) is 29.8 Å². The van der Waals surface area contributed by atoms with Crippen molar-refractivity contribution >= 4 is 23.2 Å². The Kier molecular flexibility index (Phi) is 5.71. The minimum atomic E-state index is -0.678. The Morgan fingerprint density at radius 2 is 1.74 bits per heavy atom. The van der Waals surface area contributed by atoms with Gasteiger partial charge in [0.05, 0.1) is 24.9 Å². The number of ether oxygens (including phenoxy) is 3. The number of rotatable bonds is 6. The summed E-state index contributed by atoms with van der Waals surface area (Å²) in [5, 5.41) is 3.12. The molecule has 0 aliphatic heterocycles. The second-order valence-corrected chi connectivity index (χ2v) is 5.16. The smallest absolute Gasteiger partial charge is 0.265 e. The minimum Gasteiger partial charge on any atom is -0.495 e. The number of para-hydroxylation sites is 1. The van der Waals surface area contributed by atoms with Gasteiger partial charge < -0.3 is 19.5 Å². The van der Waals surface area contributed by atoms with Crippen molar-refractivity contribution in [3.8, 4) is 17.2 Å². The number of hydrogen-bond acceptors (Lipinski definition) is 4. The van der Waals surface area contributed by atoms with Gasteiger partial charge in [-0.2, -0.15) is 0 Å². The van der Waals surface area contributed by atoms with Crippen LogP contribution in [0.25, 0.3) is 0 Å². The molecule has 0 saturated carbocycles. The number of amides is 1. The van der Waals surface area contributed by atoms with Crippen LogP contribution in [0.1, 0.15) is 6.92 Å². The van der Waals surface area contributed by atoms with E-state index in [2.05, 4.69) is 5.32 Å². The molecule has 122 valence electrons. The summed E-state index contributed by atoms with van der Waals surface area (Å²) in [5.41, 5.74) is 0.451. The molecule has 1 N–H and O–H groups in total. The number of anilines is 1. The number of benzene rings is 2. The van der Waals surface area contributed by atoms with Crippen LogP contribution in [0.2, 0.25) is 5.02 Å². The third kappa shape index (κ3) is 4.29. The number of halogens is 1. The van der Waals surface area contributed by atoms with Crippen LogP contribution in [-0.2, 0) is 4.79 Å². The average molecular weight is 336 g/mol. The molecule has 1 atom stereocenters. The fourth-order valence-corrected chi connectivity index (χ4v) is 2.19. The molecule has 0 heterocycles. The van der Waals surface area contributed by atoms with Crippen molar-refractivity contribution in [1.82, 2.24) is 0 Å². The van der Waals surface area contributed by atoms with Crippen molar-refractivity contribution in [1.29, 1.82) is 0 Å².